The molecule has 0 aromatic heterocycles. The number of hydrogen-bond donors (Lipinski definition) is 1. The summed E-state index contributed by atoms with van der Waals surface area (Å²) in [5.41, 5.74) is 6.89. The van der Waals surface area contributed by atoms with Crippen molar-refractivity contribution >= 4 is 11.6 Å². The van der Waals surface area contributed by atoms with Gasteiger partial charge in [-0.1, -0.05) is 6.07 Å². The summed E-state index contributed by atoms with van der Waals surface area (Å²) in [6.45, 7) is 3.20. The highest BCUT2D eigenvalue weighted by Gasteiger charge is 2.35. The van der Waals surface area contributed by atoms with E-state index in [1.54, 1.807) is 25.3 Å². The smallest absolute Gasteiger partial charge is 0.258 e. The number of nitrogens with zero attached hydrogens (tertiary/aromatic N) is 1. The van der Waals surface area contributed by atoms with Gasteiger partial charge in [-0.25, -0.2) is 0 Å². The Bertz CT molecular complexity index is 500. The first-order valence-electron chi connectivity index (χ1n) is 7.32. The Labute approximate surface area is 126 Å². The molecular formula is C16H24N2O3. The summed E-state index contributed by atoms with van der Waals surface area (Å²) in [6.07, 6.45) is 2.37. The predicted octanol–water partition coefficient (Wildman–Crippen LogP) is 2.16. The lowest BCUT2D eigenvalue weighted by Gasteiger charge is -2.30. The van der Waals surface area contributed by atoms with Crippen LogP contribution in [0.2, 0.25) is 0 Å². The Morgan fingerprint density at radius 2 is 2.14 bits per heavy atom. The van der Waals surface area contributed by atoms with Crippen LogP contribution in [0.25, 0.3) is 0 Å². The molecule has 1 aliphatic carbocycles. The zero-order chi connectivity index (χ0) is 15.4. The van der Waals surface area contributed by atoms with Gasteiger partial charge in [-0.3, -0.25) is 4.79 Å². The minimum Gasteiger partial charge on any atom is -0.494 e. The van der Waals surface area contributed by atoms with Crippen molar-refractivity contribution in [2.24, 2.45) is 5.92 Å². The van der Waals surface area contributed by atoms with Gasteiger partial charge in [0.05, 0.1) is 25.0 Å². The number of ether oxygens (including phenoxy) is 2. The first kappa shape index (κ1) is 15.6. The van der Waals surface area contributed by atoms with Crippen molar-refractivity contribution in [2.45, 2.75) is 25.8 Å². The molecule has 5 nitrogen and oxygen atoms in total. The third kappa shape index (κ3) is 3.47. The van der Waals surface area contributed by atoms with E-state index in [9.17, 15) is 4.79 Å². The Morgan fingerprint density at radius 3 is 2.71 bits per heavy atom. The van der Waals surface area contributed by atoms with Crippen molar-refractivity contribution in [2.75, 3.05) is 33.1 Å². The molecule has 0 spiro atoms. The molecule has 1 aliphatic rings. The molecule has 21 heavy (non-hydrogen) atoms. The standard InChI is InChI=1S/C16H24N2O3/c1-11(12-7-8-12)18(9-10-20-2)16(19)13-5-4-6-14(17)15(13)21-3/h4-6,11-12H,7-10,17H2,1-3H3. The summed E-state index contributed by atoms with van der Waals surface area (Å²) in [5.74, 6) is 1.00. The van der Waals surface area contributed by atoms with Gasteiger partial charge in [-0.05, 0) is 37.8 Å². The lowest BCUT2D eigenvalue weighted by atomic mass is 10.1. The molecule has 0 bridgehead atoms. The summed E-state index contributed by atoms with van der Waals surface area (Å²) in [7, 11) is 3.18. The fourth-order valence-corrected chi connectivity index (χ4v) is 2.62. The van der Waals surface area contributed by atoms with Crippen LogP contribution in [-0.2, 0) is 4.74 Å². The zero-order valence-electron chi connectivity index (χ0n) is 13.0. The van der Waals surface area contributed by atoms with E-state index in [0.29, 0.717) is 36.1 Å². The first-order valence-corrected chi connectivity index (χ1v) is 7.32. The van der Waals surface area contributed by atoms with Gasteiger partial charge in [0.2, 0.25) is 0 Å². The fourth-order valence-electron chi connectivity index (χ4n) is 2.62. The molecule has 1 amide bonds. The maximum atomic E-state index is 12.9. The normalized spacial score (nSPS) is 15.6. The van der Waals surface area contributed by atoms with Crippen LogP contribution < -0.4 is 10.5 Å². The van der Waals surface area contributed by atoms with E-state index >= 15 is 0 Å². The van der Waals surface area contributed by atoms with Crippen molar-refractivity contribution in [1.82, 2.24) is 4.90 Å². The van der Waals surface area contributed by atoms with Crippen molar-refractivity contribution in [3.8, 4) is 5.75 Å². The van der Waals surface area contributed by atoms with Gasteiger partial charge in [0.1, 0.15) is 0 Å². The van der Waals surface area contributed by atoms with E-state index in [0.717, 1.165) is 0 Å². The Kier molecular flexibility index (Phi) is 5.07. The quantitative estimate of drug-likeness (QED) is 0.782. The van der Waals surface area contributed by atoms with Crippen molar-refractivity contribution in [1.29, 1.82) is 0 Å². The van der Waals surface area contributed by atoms with Crippen LogP contribution in [0.1, 0.15) is 30.1 Å². The van der Waals surface area contributed by atoms with E-state index < -0.39 is 0 Å². The third-order valence-corrected chi connectivity index (χ3v) is 4.07. The monoisotopic (exact) mass is 292 g/mol. The minimum atomic E-state index is -0.0457. The van der Waals surface area contributed by atoms with E-state index in [2.05, 4.69) is 6.92 Å². The highest BCUT2D eigenvalue weighted by molar-refractivity contribution is 5.98. The molecule has 5 heteroatoms. The summed E-state index contributed by atoms with van der Waals surface area (Å²) in [6, 6.07) is 5.48. The van der Waals surface area contributed by atoms with Gasteiger partial charge in [-0.15, -0.1) is 0 Å². The third-order valence-electron chi connectivity index (χ3n) is 4.07. The molecule has 116 valence electrons. The number of anilines is 1. The Balaban J connectivity index is 2.26. The zero-order valence-corrected chi connectivity index (χ0v) is 13.0. The average molecular weight is 292 g/mol. The Hall–Kier alpha value is -1.75. The second kappa shape index (κ2) is 6.80. The molecule has 2 rings (SSSR count). The number of nitrogen functional groups attached to an aromatic ring is 1. The maximum Gasteiger partial charge on any atom is 0.258 e. The number of nitrogens with two attached hydrogens (primary N) is 1. The lowest BCUT2D eigenvalue weighted by molar-refractivity contribution is 0.0591. The van der Waals surface area contributed by atoms with Crippen LogP contribution in [0, 0.1) is 5.92 Å². The molecule has 1 unspecified atom stereocenters. The molecule has 1 atom stereocenters. The van der Waals surface area contributed by atoms with Gasteiger partial charge >= 0.3 is 0 Å². The van der Waals surface area contributed by atoms with Gasteiger partial charge in [-0.2, -0.15) is 0 Å². The van der Waals surface area contributed by atoms with Crippen LogP contribution in [0.3, 0.4) is 0 Å². The molecule has 1 aromatic carbocycles. The van der Waals surface area contributed by atoms with E-state index in [1.807, 2.05) is 4.90 Å². The number of rotatable bonds is 7. The second-order valence-electron chi connectivity index (χ2n) is 5.50. The van der Waals surface area contributed by atoms with Crippen LogP contribution in [-0.4, -0.2) is 44.2 Å². The number of methoxy groups -OCH3 is 2. The average Bonchev–Trinajstić information content (AvgIpc) is 3.31. The highest BCUT2D eigenvalue weighted by atomic mass is 16.5. The number of benzene rings is 1. The number of hydrogen-bond acceptors (Lipinski definition) is 4. The summed E-state index contributed by atoms with van der Waals surface area (Å²) >= 11 is 0. The summed E-state index contributed by atoms with van der Waals surface area (Å²) < 4.78 is 10.4. The maximum absolute atomic E-state index is 12.9. The van der Waals surface area contributed by atoms with Crippen LogP contribution in [0.4, 0.5) is 5.69 Å². The molecule has 0 saturated heterocycles. The van der Waals surface area contributed by atoms with Crippen molar-refractivity contribution < 1.29 is 14.3 Å². The molecule has 2 N–H and O–H groups in total. The molecule has 1 fully saturated rings. The summed E-state index contributed by atoms with van der Waals surface area (Å²) in [4.78, 5) is 14.8. The van der Waals surface area contributed by atoms with Crippen LogP contribution >= 0.6 is 0 Å². The highest BCUT2D eigenvalue weighted by Crippen LogP contribution is 2.36. The van der Waals surface area contributed by atoms with Crippen molar-refractivity contribution in [3.63, 3.8) is 0 Å². The number of carbonyl (C=O) groups is 1. The molecular weight excluding hydrogens is 268 g/mol. The van der Waals surface area contributed by atoms with E-state index in [-0.39, 0.29) is 11.9 Å². The van der Waals surface area contributed by atoms with Gasteiger partial charge in [0, 0.05) is 19.7 Å². The Morgan fingerprint density at radius 1 is 1.43 bits per heavy atom. The molecule has 1 aromatic rings. The molecule has 0 aliphatic heterocycles. The molecule has 1 saturated carbocycles. The topological polar surface area (TPSA) is 64.8 Å². The van der Waals surface area contributed by atoms with Gasteiger partial charge < -0.3 is 20.1 Å². The number of amides is 1. The number of carbonyl (C=O) groups excluding carboxylic acids is 1. The molecule has 0 radical (unpaired) electrons. The van der Waals surface area contributed by atoms with E-state index in [1.165, 1.54) is 20.0 Å². The largest absolute Gasteiger partial charge is 0.494 e. The fraction of sp³-hybridized carbons (Fsp3) is 0.562. The second-order valence-corrected chi connectivity index (χ2v) is 5.50. The van der Waals surface area contributed by atoms with E-state index in [4.69, 9.17) is 15.2 Å². The number of para-hydroxylation sites is 1. The van der Waals surface area contributed by atoms with Gasteiger partial charge in [0.15, 0.2) is 5.75 Å². The van der Waals surface area contributed by atoms with Crippen molar-refractivity contribution in [3.05, 3.63) is 23.8 Å². The first-order chi connectivity index (χ1) is 10.1. The van der Waals surface area contributed by atoms with Gasteiger partial charge in [0.25, 0.3) is 5.91 Å². The lowest BCUT2D eigenvalue weighted by Crippen LogP contribution is -2.42. The molecule has 0 heterocycles. The SMILES string of the molecule is COCCN(C(=O)c1cccc(N)c1OC)C(C)C1CC1. The minimum absolute atomic E-state index is 0.0457. The summed E-state index contributed by atoms with van der Waals surface area (Å²) in [5, 5.41) is 0. The van der Waals surface area contributed by atoms with Crippen LogP contribution in [0.5, 0.6) is 5.75 Å². The predicted molar refractivity (Wildman–Crippen MR) is 82.5 cm³/mol. The van der Waals surface area contributed by atoms with Crippen LogP contribution in [0.15, 0.2) is 18.2 Å².